The van der Waals surface area contributed by atoms with Gasteiger partial charge in [0, 0.05) is 12.5 Å². The molecule has 1 saturated heterocycles. The molecule has 3 nitrogen and oxygen atoms in total. The van der Waals surface area contributed by atoms with E-state index in [2.05, 4.69) is 11.2 Å². The lowest BCUT2D eigenvalue weighted by Crippen LogP contribution is -2.47. The SMILES string of the molecule is C#C[C@@H]1C[C@H](C(C)C)NC(=O)O1. The molecule has 0 saturated carbocycles. The van der Waals surface area contributed by atoms with E-state index in [1.807, 2.05) is 13.8 Å². The second-order valence-electron chi connectivity index (χ2n) is 3.29. The van der Waals surface area contributed by atoms with Crippen molar-refractivity contribution >= 4 is 6.09 Å². The molecule has 0 aromatic carbocycles. The Labute approximate surface area is 72.5 Å². The van der Waals surface area contributed by atoms with Gasteiger partial charge in [-0.05, 0) is 5.92 Å². The van der Waals surface area contributed by atoms with E-state index in [4.69, 9.17) is 11.2 Å². The Bertz CT molecular complexity index is 217. The van der Waals surface area contributed by atoms with Crippen LogP contribution in [0.2, 0.25) is 0 Å². The van der Waals surface area contributed by atoms with Crippen LogP contribution in [0.15, 0.2) is 0 Å². The molecule has 0 unspecified atom stereocenters. The van der Waals surface area contributed by atoms with Crippen LogP contribution in [0.1, 0.15) is 20.3 Å². The van der Waals surface area contributed by atoms with E-state index < -0.39 is 6.09 Å². The van der Waals surface area contributed by atoms with Crippen LogP contribution in [0.3, 0.4) is 0 Å². The Morgan fingerprint density at radius 3 is 2.92 bits per heavy atom. The monoisotopic (exact) mass is 167 g/mol. The number of hydrogen-bond acceptors (Lipinski definition) is 2. The standard InChI is InChI=1S/C9H13NO2/c1-4-7-5-8(6(2)3)10-9(11)12-7/h1,6-8H,5H2,2-3H3,(H,10,11)/t7-,8-/m1/s1. The van der Waals surface area contributed by atoms with E-state index in [1.165, 1.54) is 0 Å². The van der Waals surface area contributed by atoms with Gasteiger partial charge in [-0.3, -0.25) is 0 Å². The molecule has 1 heterocycles. The summed E-state index contributed by atoms with van der Waals surface area (Å²) in [5, 5.41) is 2.72. The van der Waals surface area contributed by atoms with Crippen LogP contribution in [-0.4, -0.2) is 18.2 Å². The van der Waals surface area contributed by atoms with Crippen molar-refractivity contribution in [2.75, 3.05) is 0 Å². The molecule has 1 aliphatic heterocycles. The number of alkyl carbamates (subject to hydrolysis) is 1. The topological polar surface area (TPSA) is 38.3 Å². The summed E-state index contributed by atoms with van der Waals surface area (Å²) in [7, 11) is 0. The Balaban J connectivity index is 2.58. The van der Waals surface area contributed by atoms with Gasteiger partial charge in [0.2, 0.25) is 0 Å². The van der Waals surface area contributed by atoms with Gasteiger partial charge in [-0.1, -0.05) is 19.8 Å². The van der Waals surface area contributed by atoms with Crippen molar-refractivity contribution in [1.29, 1.82) is 0 Å². The van der Waals surface area contributed by atoms with Crippen LogP contribution in [0.25, 0.3) is 0 Å². The van der Waals surface area contributed by atoms with Gasteiger partial charge in [0.25, 0.3) is 0 Å². The van der Waals surface area contributed by atoms with Crippen molar-refractivity contribution in [1.82, 2.24) is 5.32 Å². The maximum atomic E-state index is 10.9. The highest BCUT2D eigenvalue weighted by Crippen LogP contribution is 2.15. The maximum absolute atomic E-state index is 10.9. The summed E-state index contributed by atoms with van der Waals surface area (Å²) < 4.78 is 4.83. The third-order valence-corrected chi connectivity index (χ3v) is 2.01. The highest BCUT2D eigenvalue weighted by molar-refractivity contribution is 5.69. The van der Waals surface area contributed by atoms with Crippen molar-refractivity contribution in [3.63, 3.8) is 0 Å². The third kappa shape index (κ3) is 1.91. The lowest BCUT2D eigenvalue weighted by Gasteiger charge is -2.29. The summed E-state index contributed by atoms with van der Waals surface area (Å²) in [6.45, 7) is 4.09. The minimum atomic E-state index is -0.400. The first-order valence-corrected chi connectivity index (χ1v) is 4.06. The largest absolute Gasteiger partial charge is 0.433 e. The summed E-state index contributed by atoms with van der Waals surface area (Å²) in [6.07, 6.45) is 5.13. The zero-order valence-electron chi connectivity index (χ0n) is 7.33. The van der Waals surface area contributed by atoms with E-state index in [9.17, 15) is 4.79 Å². The van der Waals surface area contributed by atoms with Crippen molar-refractivity contribution in [2.24, 2.45) is 5.92 Å². The van der Waals surface area contributed by atoms with Crippen molar-refractivity contribution < 1.29 is 9.53 Å². The van der Waals surface area contributed by atoms with Gasteiger partial charge in [-0.15, -0.1) is 6.42 Å². The molecule has 1 aliphatic rings. The number of amides is 1. The molecule has 0 bridgehead atoms. The van der Waals surface area contributed by atoms with Crippen LogP contribution in [0, 0.1) is 18.3 Å². The van der Waals surface area contributed by atoms with Gasteiger partial charge < -0.3 is 10.1 Å². The van der Waals surface area contributed by atoms with Crippen LogP contribution in [-0.2, 0) is 4.74 Å². The molecule has 66 valence electrons. The normalized spacial score (nSPS) is 29.0. The molecule has 0 aromatic heterocycles. The van der Waals surface area contributed by atoms with E-state index in [0.717, 1.165) is 0 Å². The zero-order valence-corrected chi connectivity index (χ0v) is 7.33. The molecule has 0 aromatic rings. The molecule has 0 spiro atoms. The smallest absolute Gasteiger partial charge is 0.408 e. The predicted octanol–water partition coefficient (Wildman–Crippen LogP) is 1.14. The Morgan fingerprint density at radius 1 is 1.75 bits per heavy atom. The zero-order chi connectivity index (χ0) is 9.14. The Morgan fingerprint density at radius 2 is 2.42 bits per heavy atom. The minimum Gasteiger partial charge on any atom is -0.433 e. The van der Waals surface area contributed by atoms with Gasteiger partial charge in [0.05, 0.1) is 0 Å². The molecular formula is C9H13NO2. The lowest BCUT2D eigenvalue weighted by molar-refractivity contribution is 0.0786. The van der Waals surface area contributed by atoms with Crippen molar-refractivity contribution in [2.45, 2.75) is 32.4 Å². The molecular weight excluding hydrogens is 154 g/mol. The van der Waals surface area contributed by atoms with E-state index in [-0.39, 0.29) is 12.1 Å². The Hall–Kier alpha value is -1.17. The molecule has 2 atom stereocenters. The summed E-state index contributed by atoms with van der Waals surface area (Å²) in [6, 6.07) is 0.146. The molecule has 1 amide bonds. The van der Waals surface area contributed by atoms with Gasteiger partial charge in [-0.25, -0.2) is 4.79 Å². The number of terminal acetylenes is 1. The van der Waals surface area contributed by atoms with E-state index in [0.29, 0.717) is 12.3 Å². The molecule has 12 heavy (non-hydrogen) atoms. The summed E-state index contributed by atoms with van der Waals surface area (Å²) in [5.41, 5.74) is 0. The number of carbonyl (C=O) groups excluding carboxylic acids is 1. The molecule has 1 fully saturated rings. The second kappa shape index (κ2) is 3.48. The first kappa shape index (κ1) is 8.92. The van der Waals surface area contributed by atoms with Gasteiger partial charge in [0.15, 0.2) is 6.10 Å². The maximum Gasteiger partial charge on any atom is 0.408 e. The van der Waals surface area contributed by atoms with Crippen LogP contribution < -0.4 is 5.32 Å². The van der Waals surface area contributed by atoms with Crippen LogP contribution >= 0.6 is 0 Å². The quantitative estimate of drug-likeness (QED) is 0.595. The number of nitrogens with one attached hydrogen (secondary N) is 1. The van der Waals surface area contributed by atoms with E-state index >= 15 is 0 Å². The third-order valence-electron chi connectivity index (χ3n) is 2.01. The first-order valence-electron chi connectivity index (χ1n) is 4.06. The van der Waals surface area contributed by atoms with E-state index in [1.54, 1.807) is 0 Å². The van der Waals surface area contributed by atoms with Gasteiger partial charge in [-0.2, -0.15) is 0 Å². The molecule has 1 rings (SSSR count). The van der Waals surface area contributed by atoms with Crippen molar-refractivity contribution in [3.8, 4) is 12.3 Å². The molecule has 0 aliphatic carbocycles. The fraction of sp³-hybridized carbons (Fsp3) is 0.667. The number of carbonyl (C=O) groups is 1. The summed E-state index contributed by atoms with van der Waals surface area (Å²) in [4.78, 5) is 10.9. The summed E-state index contributed by atoms with van der Waals surface area (Å²) >= 11 is 0. The number of ether oxygens (including phenoxy) is 1. The molecule has 1 N–H and O–H groups in total. The van der Waals surface area contributed by atoms with Crippen LogP contribution in [0.4, 0.5) is 4.79 Å². The lowest BCUT2D eigenvalue weighted by atomic mass is 9.97. The number of rotatable bonds is 1. The molecule has 0 radical (unpaired) electrons. The van der Waals surface area contributed by atoms with Crippen molar-refractivity contribution in [3.05, 3.63) is 0 Å². The minimum absolute atomic E-state index is 0.146. The molecule has 3 heteroatoms. The van der Waals surface area contributed by atoms with Crippen LogP contribution in [0.5, 0.6) is 0 Å². The number of cyclic esters (lactones) is 1. The Kier molecular flexibility index (Phi) is 2.59. The highest BCUT2D eigenvalue weighted by atomic mass is 16.6. The van der Waals surface area contributed by atoms with Gasteiger partial charge >= 0.3 is 6.09 Å². The number of hydrogen-bond donors (Lipinski definition) is 1. The first-order chi connectivity index (χ1) is 5.63. The summed E-state index contributed by atoms with van der Waals surface area (Å²) in [5.74, 6) is 2.83. The van der Waals surface area contributed by atoms with Gasteiger partial charge in [0.1, 0.15) is 0 Å². The fourth-order valence-electron chi connectivity index (χ4n) is 1.19. The average Bonchev–Trinajstić information content (AvgIpc) is 2.03. The second-order valence-corrected chi connectivity index (χ2v) is 3.29. The highest BCUT2D eigenvalue weighted by Gasteiger charge is 2.27. The predicted molar refractivity (Wildman–Crippen MR) is 45.5 cm³/mol. The fourth-order valence-corrected chi connectivity index (χ4v) is 1.19. The average molecular weight is 167 g/mol.